The summed E-state index contributed by atoms with van der Waals surface area (Å²) in [4.78, 5) is 31.1. The first-order chi connectivity index (χ1) is 22.0. The van der Waals surface area contributed by atoms with Gasteiger partial charge in [-0.15, -0.1) is 0 Å². The molecule has 2 aromatic heterocycles. The van der Waals surface area contributed by atoms with Crippen LogP contribution in [0.3, 0.4) is 0 Å². The van der Waals surface area contributed by atoms with Crippen LogP contribution in [0.25, 0.3) is 22.2 Å². The van der Waals surface area contributed by atoms with Gasteiger partial charge in [0.2, 0.25) is 11.8 Å². The van der Waals surface area contributed by atoms with Crippen LogP contribution in [0.2, 0.25) is 0 Å². The number of pyridine rings is 1. The number of nitrogens with zero attached hydrogens (tertiary/aromatic N) is 7. The van der Waals surface area contributed by atoms with Gasteiger partial charge in [0.15, 0.2) is 5.13 Å². The molecule has 7 rings (SSSR count). The predicted molar refractivity (Wildman–Crippen MR) is 173 cm³/mol. The second kappa shape index (κ2) is 11.5. The van der Waals surface area contributed by atoms with Crippen molar-refractivity contribution in [3.8, 4) is 17.3 Å². The Bertz CT molecular complexity index is 1830. The van der Waals surface area contributed by atoms with E-state index < -0.39 is 5.92 Å². The molecule has 12 heteroatoms. The normalized spacial score (nSPS) is 18.7. The average Bonchev–Trinajstić information content (AvgIpc) is 3.46. The number of halogens is 3. The van der Waals surface area contributed by atoms with Gasteiger partial charge in [0.1, 0.15) is 22.5 Å². The fraction of sp³-hybridized carbons (Fsp3) is 0.412. The Hall–Kier alpha value is -4.21. The van der Waals surface area contributed by atoms with E-state index in [9.17, 15) is 23.2 Å². The summed E-state index contributed by atoms with van der Waals surface area (Å²) in [5.41, 5.74) is 4.64. The average molecular weight is 646 g/mol. The van der Waals surface area contributed by atoms with Crippen LogP contribution in [-0.4, -0.2) is 84.5 Å². The number of rotatable bonds is 7. The number of nitriles is 1. The topological polar surface area (TPSA) is 79.6 Å². The van der Waals surface area contributed by atoms with Crippen molar-refractivity contribution in [2.24, 2.45) is 5.41 Å². The molecule has 4 aromatic rings. The molecule has 2 aromatic carbocycles. The van der Waals surface area contributed by atoms with Crippen molar-refractivity contribution < 1.29 is 18.0 Å². The maximum atomic E-state index is 13.6. The van der Waals surface area contributed by atoms with Gasteiger partial charge >= 0.3 is 0 Å². The lowest BCUT2D eigenvalue weighted by molar-refractivity contribution is -0.215. The van der Waals surface area contributed by atoms with E-state index >= 15 is 0 Å². The highest BCUT2D eigenvalue weighted by atomic mass is 32.1. The summed E-state index contributed by atoms with van der Waals surface area (Å²) < 4.78 is 40.2. The van der Waals surface area contributed by atoms with Crippen LogP contribution in [0, 0.1) is 22.6 Å². The number of carbonyl (C=O) groups is 1. The van der Waals surface area contributed by atoms with Crippen LogP contribution in [-0.2, 0) is 11.2 Å². The van der Waals surface area contributed by atoms with Crippen molar-refractivity contribution in [2.45, 2.75) is 32.1 Å². The number of hydrogen-bond donors (Lipinski definition) is 0. The number of fused-ring (bicyclic) bond motifs is 1. The van der Waals surface area contributed by atoms with Crippen molar-refractivity contribution in [3.63, 3.8) is 0 Å². The molecule has 2 aliphatic heterocycles. The molecular weight excluding hydrogens is 611 g/mol. The Kier molecular flexibility index (Phi) is 7.64. The van der Waals surface area contributed by atoms with Gasteiger partial charge in [0, 0.05) is 86.9 Å². The molecule has 3 fully saturated rings. The lowest BCUT2D eigenvalue weighted by atomic mass is 9.61. The molecule has 8 nitrogen and oxygen atoms in total. The third kappa shape index (κ3) is 5.67. The summed E-state index contributed by atoms with van der Waals surface area (Å²) in [6, 6.07) is 16.6. The fourth-order valence-corrected chi connectivity index (χ4v) is 7.86. The number of piperazine rings is 1. The van der Waals surface area contributed by atoms with Gasteiger partial charge in [0.25, 0.3) is 0 Å². The molecule has 1 saturated carbocycles. The number of aryl methyl sites for hydroxylation is 1. The maximum Gasteiger partial charge on any atom is 0.249 e. The summed E-state index contributed by atoms with van der Waals surface area (Å²) in [6.07, 6.45) is 0.567. The van der Waals surface area contributed by atoms with Gasteiger partial charge < -0.3 is 14.7 Å². The molecule has 0 unspecified atom stereocenters. The van der Waals surface area contributed by atoms with Crippen LogP contribution in [0.1, 0.15) is 30.3 Å². The minimum atomic E-state index is -2.56. The monoisotopic (exact) mass is 645 g/mol. The van der Waals surface area contributed by atoms with Crippen molar-refractivity contribution in [1.82, 2.24) is 19.8 Å². The number of benzene rings is 2. The van der Waals surface area contributed by atoms with Gasteiger partial charge in [-0.3, -0.25) is 14.7 Å². The summed E-state index contributed by atoms with van der Waals surface area (Å²) in [6.45, 7) is 6.23. The zero-order valence-corrected chi connectivity index (χ0v) is 26.6. The van der Waals surface area contributed by atoms with Crippen LogP contribution >= 0.6 is 11.3 Å². The Morgan fingerprint density at radius 1 is 1.04 bits per heavy atom. The van der Waals surface area contributed by atoms with E-state index in [4.69, 9.17) is 9.97 Å². The zero-order chi connectivity index (χ0) is 32.2. The summed E-state index contributed by atoms with van der Waals surface area (Å²) in [7, 11) is 1.93. The second-order valence-electron chi connectivity index (χ2n) is 12.8. The van der Waals surface area contributed by atoms with E-state index in [0.29, 0.717) is 40.9 Å². The van der Waals surface area contributed by atoms with E-state index in [1.807, 2.05) is 18.0 Å². The molecule has 1 amide bonds. The van der Waals surface area contributed by atoms with Crippen molar-refractivity contribution >= 4 is 44.7 Å². The van der Waals surface area contributed by atoms with Crippen molar-refractivity contribution in [3.05, 3.63) is 64.9 Å². The van der Waals surface area contributed by atoms with Crippen LogP contribution in [0.5, 0.6) is 0 Å². The molecule has 0 N–H and O–H groups in total. The van der Waals surface area contributed by atoms with E-state index in [0.717, 1.165) is 60.6 Å². The third-order valence-electron chi connectivity index (χ3n) is 9.44. The highest BCUT2D eigenvalue weighted by molar-refractivity contribution is 7.16. The molecule has 1 aliphatic carbocycles. The van der Waals surface area contributed by atoms with Crippen LogP contribution < -0.4 is 9.80 Å². The minimum absolute atomic E-state index is 0.0230. The number of amides is 1. The molecule has 46 heavy (non-hydrogen) atoms. The van der Waals surface area contributed by atoms with E-state index in [2.05, 4.69) is 41.0 Å². The fourth-order valence-electron chi connectivity index (χ4n) is 7.00. The first-order valence-electron chi connectivity index (χ1n) is 15.5. The first-order valence-corrected chi connectivity index (χ1v) is 16.3. The summed E-state index contributed by atoms with van der Waals surface area (Å²) in [5.74, 6) is -2.88. The van der Waals surface area contributed by atoms with Gasteiger partial charge in [-0.25, -0.2) is 18.2 Å². The van der Waals surface area contributed by atoms with Crippen molar-refractivity contribution in [2.75, 3.05) is 62.7 Å². The highest BCUT2D eigenvalue weighted by Crippen LogP contribution is 2.56. The lowest BCUT2D eigenvalue weighted by Crippen LogP contribution is -2.68. The minimum Gasteiger partial charge on any atom is -0.369 e. The van der Waals surface area contributed by atoms with Gasteiger partial charge in [-0.05, 0) is 55.0 Å². The summed E-state index contributed by atoms with van der Waals surface area (Å²) in [5, 5.41) is 11.5. The number of aromatic nitrogens is 2. The second-order valence-corrected chi connectivity index (χ2v) is 13.7. The summed E-state index contributed by atoms with van der Waals surface area (Å²) >= 11 is 1.29. The van der Waals surface area contributed by atoms with Gasteiger partial charge in [-0.2, -0.15) is 5.26 Å². The lowest BCUT2D eigenvalue weighted by Gasteiger charge is -2.58. The molecule has 1 spiro atoms. The number of hydrogen-bond acceptors (Lipinski definition) is 8. The molecule has 238 valence electrons. The SMILES string of the molecule is CCc1cc(N(C)c2nc(-c3ccc(F)cc3)c(C#N)s2)c2cc(N3CCN(CC(=O)N4CC5(C4)CC(F)(F)C5)CC3)ccc2n1. The molecule has 0 bridgehead atoms. The van der Waals surface area contributed by atoms with Crippen LogP contribution in [0.4, 0.5) is 29.7 Å². The largest absolute Gasteiger partial charge is 0.369 e. The smallest absolute Gasteiger partial charge is 0.249 e. The third-order valence-corrected chi connectivity index (χ3v) is 10.5. The molecule has 4 heterocycles. The van der Waals surface area contributed by atoms with E-state index in [-0.39, 0.29) is 30.0 Å². The van der Waals surface area contributed by atoms with Gasteiger partial charge in [-0.1, -0.05) is 18.3 Å². The van der Waals surface area contributed by atoms with Gasteiger partial charge in [0.05, 0.1) is 17.7 Å². The molecule has 2 saturated heterocycles. The number of thiazole rings is 1. The Morgan fingerprint density at radius 3 is 2.41 bits per heavy atom. The highest BCUT2D eigenvalue weighted by Gasteiger charge is 2.62. The maximum absolute atomic E-state index is 13.6. The molecule has 0 radical (unpaired) electrons. The molecule has 0 atom stereocenters. The number of alkyl halides is 2. The Labute approximate surface area is 269 Å². The van der Waals surface area contributed by atoms with Crippen LogP contribution in [0.15, 0.2) is 48.5 Å². The first kappa shape index (κ1) is 30.4. The number of likely N-dealkylation sites (tertiary alicyclic amines) is 1. The van der Waals surface area contributed by atoms with Crippen molar-refractivity contribution in [1.29, 1.82) is 5.26 Å². The standard InChI is InChI=1S/C34H34F3N7OS/c1-3-24-14-28(41(2)32-40-31(29(16-38)46-32)22-4-6-23(35)7-5-22)26-15-25(8-9-27(26)39-24)43-12-10-42(11-13-43)17-30(45)44-20-33(21-44)18-34(36,37)19-33/h4-9,14-15H,3,10-13,17-21H2,1-2H3. The van der Waals surface area contributed by atoms with E-state index in [1.165, 1.54) is 23.5 Å². The zero-order valence-electron chi connectivity index (χ0n) is 25.8. The number of carbonyl (C=O) groups excluding carboxylic acids is 1. The quantitative estimate of drug-likeness (QED) is 0.241. The molecule has 3 aliphatic rings. The molecular formula is C34H34F3N7OS. The van der Waals surface area contributed by atoms with E-state index in [1.54, 1.807) is 17.0 Å². The Morgan fingerprint density at radius 2 is 1.76 bits per heavy atom. The number of anilines is 3. The Balaban J connectivity index is 1.07. The predicted octanol–water partition coefficient (Wildman–Crippen LogP) is 6.08.